The largest absolute Gasteiger partial charge is 0.378 e. The Kier molecular flexibility index (Phi) is 7.39. The van der Waals surface area contributed by atoms with Crippen molar-refractivity contribution in [3.63, 3.8) is 0 Å². The second kappa shape index (κ2) is 9.55. The molecule has 0 aliphatic rings. The molecule has 0 bridgehead atoms. The first-order valence-electron chi connectivity index (χ1n) is 7.31. The van der Waals surface area contributed by atoms with Crippen molar-refractivity contribution in [1.82, 2.24) is 0 Å². The Balaban J connectivity index is 1.89. The molecule has 0 unspecified atom stereocenters. The minimum absolute atomic E-state index is 0.684. The zero-order chi connectivity index (χ0) is 16.5. The molecule has 2 aromatic rings. The molecule has 0 aliphatic carbocycles. The summed E-state index contributed by atoms with van der Waals surface area (Å²) in [5, 5.41) is 0. The fourth-order valence-electron chi connectivity index (χ4n) is 1.85. The summed E-state index contributed by atoms with van der Waals surface area (Å²) in [6, 6.07) is 16.2. The van der Waals surface area contributed by atoms with Gasteiger partial charge in [0, 0.05) is 43.3 Å². The van der Waals surface area contributed by atoms with Crippen molar-refractivity contribution in [1.29, 1.82) is 0 Å². The van der Waals surface area contributed by atoms with Gasteiger partial charge in [-0.1, -0.05) is 36.4 Å². The number of benzene rings is 2. The zero-order valence-corrected chi connectivity index (χ0v) is 15.0. The van der Waals surface area contributed by atoms with Crippen LogP contribution < -0.4 is 9.79 Å². The molecule has 0 aliphatic heterocycles. The van der Waals surface area contributed by atoms with Gasteiger partial charge in [0.1, 0.15) is 0 Å². The summed E-state index contributed by atoms with van der Waals surface area (Å²) in [7, 11) is 4.07. The van der Waals surface area contributed by atoms with Crippen LogP contribution in [-0.2, 0) is 4.33 Å². The molecule has 0 saturated heterocycles. The van der Waals surface area contributed by atoms with Gasteiger partial charge in [0.25, 0.3) is 0 Å². The van der Waals surface area contributed by atoms with Crippen LogP contribution in [0.25, 0.3) is 12.2 Å². The van der Waals surface area contributed by atoms with Crippen molar-refractivity contribution >= 4 is 42.5 Å². The number of thiol groups is 1. The minimum Gasteiger partial charge on any atom is -0.378 e. The molecular weight excluding hydrogens is 326 g/mol. The maximum Gasteiger partial charge on any atom is 0.166 e. The van der Waals surface area contributed by atoms with E-state index < -0.39 is 0 Å². The Labute approximate surface area is 147 Å². The molecule has 0 amide bonds. The average Bonchev–Trinajstić information content (AvgIpc) is 2.58. The van der Waals surface area contributed by atoms with Crippen LogP contribution >= 0.6 is 24.7 Å². The van der Waals surface area contributed by atoms with Gasteiger partial charge in [-0.2, -0.15) is 12.6 Å². The second-order valence-corrected chi connectivity index (χ2v) is 6.31. The summed E-state index contributed by atoms with van der Waals surface area (Å²) < 4.78 is 5.01. The normalized spacial score (nSPS) is 10.9. The van der Waals surface area contributed by atoms with Crippen LogP contribution in [0.2, 0.25) is 0 Å². The monoisotopic (exact) mass is 347 g/mol. The quantitative estimate of drug-likeness (QED) is 0.185. The van der Waals surface area contributed by atoms with Gasteiger partial charge in [0.2, 0.25) is 0 Å². The Bertz CT molecular complexity index is 610. The molecule has 23 heavy (non-hydrogen) atoms. The first kappa shape index (κ1) is 17.8. The van der Waals surface area contributed by atoms with Gasteiger partial charge in [0.15, 0.2) is 5.75 Å². The van der Waals surface area contributed by atoms with E-state index in [-0.39, 0.29) is 0 Å². The van der Waals surface area contributed by atoms with Crippen molar-refractivity contribution in [2.75, 3.05) is 30.5 Å². The Hall–Kier alpha value is -1.56. The summed E-state index contributed by atoms with van der Waals surface area (Å²) in [6.07, 6.45) is 4.17. The zero-order valence-electron chi connectivity index (χ0n) is 13.3. The summed E-state index contributed by atoms with van der Waals surface area (Å²) >= 11 is 5.34. The van der Waals surface area contributed by atoms with Crippen LogP contribution in [0.5, 0.6) is 5.75 Å². The van der Waals surface area contributed by atoms with Crippen molar-refractivity contribution in [3.05, 3.63) is 59.7 Å². The third-order valence-electron chi connectivity index (χ3n) is 3.11. The average molecular weight is 348 g/mol. The SMILES string of the molecule is CN(C)c1ccc(C=Cc2ccc(OOSCCS)cc2)cc1. The van der Waals surface area contributed by atoms with E-state index in [0.29, 0.717) is 5.75 Å². The molecule has 5 heteroatoms. The molecule has 2 aromatic carbocycles. The van der Waals surface area contributed by atoms with E-state index in [0.717, 1.165) is 17.1 Å². The fraction of sp³-hybridized carbons (Fsp3) is 0.222. The molecule has 3 nitrogen and oxygen atoms in total. The lowest BCUT2D eigenvalue weighted by Crippen LogP contribution is -2.07. The van der Waals surface area contributed by atoms with Crippen LogP contribution in [0, 0.1) is 0 Å². The molecule has 0 atom stereocenters. The molecule has 0 fully saturated rings. The lowest BCUT2D eigenvalue weighted by molar-refractivity contribution is -0.0775. The number of anilines is 1. The standard InChI is InChI=1S/C18H21NO2S2/c1-19(2)17-9-5-15(6-10-17)3-4-16-7-11-18(12-8-16)20-21-23-14-13-22/h3-12,22H,13-14H2,1-2H3. The predicted octanol–water partition coefficient (Wildman–Crippen LogP) is 4.81. The molecule has 0 spiro atoms. The predicted molar refractivity (Wildman–Crippen MR) is 104 cm³/mol. The van der Waals surface area contributed by atoms with E-state index >= 15 is 0 Å². The molecule has 0 saturated carbocycles. The molecule has 0 heterocycles. The molecule has 0 radical (unpaired) electrons. The van der Waals surface area contributed by atoms with Gasteiger partial charge >= 0.3 is 0 Å². The summed E-state index contributed by atoms with van der Waals surface area (Å²) in [5.74, 6) is 2.23. The van der Waals surface area contributed by atoms with Crippen molar-refractivity contribution in [3.8, 4) is 5.75 Å². The van der Waals surface area contributed by atoms with Gasteiger partial charge in [-0.15, -0.1) is 4.33 Å². The van der Waals surface area contributed by atoms with Crippen LogP contribution in [0.4, 0.5) is 5.69 Å². The second-order valence-electron chi connectivity index (χ2n) is 5.09. The van der Waals surface area contributed by atoms with Gasteiger partial charge in [-0.3, -0.25) is 0 Å². The number of hydrogen-bond acceptors (Lipinski definition) is 5. The van der Waals surface area contributed by atoms with Crippen molar-refractivity contribution < 1.29 is 9.22 Å². The summed E-state index contributed by atoms with van der Waals surface area (Å²) in [4.78, 5) is 7.25. The lowest BCUT2D eigenvalue weighted by atomic mass is 10.1. The molecule has 2 rings (SSSR count). The maximum absolute atomic E-state index is 5.16. The van der Waals surface area contributed by atoms with Crippen molar-refractivity contribution in [2.24, 2.45) is 0 Å². The topological polar surface area (TPSA) is 21.7 Å². The Morgan fingerprint density at radius 3 is 2.04 bits per heavy atom. The van der Waals surface area contributed by atoms with E-state index in [1.54, 1.807) is 0 Å². The summed E-state index contributed by atoms with van der Waals surface area (Å²) in [6.45, 7) is 0. The first-order chi connectivity index (χ1) is 11.2. The van der Waals surface area contributed by atoms with Gasteiger partial charge < -0.3 is 9.79 Å². The molecular formula is C18H21NO2S2. The highest BCUT2D eigenvalue weighted by Crippen LogP contribution is 2.18. The van der Waals surface area contributed by atoms with Gasteiger partial charge in [-0.25, -0.2) is 0 Å². The number of hydrogen-bond donors (Lipinski definition) is 1. The van der Waals surface area contributed by atoms with Crippen LogP contribution in [0.1, 0.15) is 11.1 Å². The number of nitrogens with zero attached hydrogens (tertiary/aromatic N) is 1. The fourth-order valence-corrected chi connectivity index (χ4v) is 2.34. The molecule has 0 aromatic heterocycles. The van der Waals surface area contributed by atoms with E-state index in [2.05, 4.69) is 53.9 Å². The number of rotatable bonds is 8. The smallest absolute Gasteiger partial charge is 0.166 e. The molecule has 122 valence electrons. The Morgan fingerprint density at radius 2 is 1.52 bits per heavy atom. The lowest BCUT2D eigenvalue weighted by Gasteiger charge is -2.11. The minimum atomic E-state index is 0.684. The highest BCUT2D eigenvalue weighted by Gasteiger charge is 1.96. The third kappa shape index (κ3) is 6.22. The first-order valence-corrected chi connectivity index (χ1v) is 8.86. The highest BCUT2D eigenvalue weighted by atomic mass is 32.2. The van der Waals surface area contributed by atoms with Crippen LogP contribution in [0.15, 0.2) is 48.5 Å². The van der Waals surface area contributed by atoms with Crippen LogP contribution in [-0.4, -0.2) is 25.6 Å². The third-order valence-corrected chi connectivity index (χ3v) is 4.17. The Morgan fingerprint density at radius 1 is 0.957 bits per heavy atom. The van der Waals surface area contributed by atoms with E-state index in [1.165, 1.54) is 23.3 Å². The van der Waals surface area contributed by atoms with Gasteiger partial charge in [0.05, 0.1) is 0 Å². The maximum atomic E-state index is 5.16. The van der Waals surface area contributed by atoms with Crippen molar-refractivity contribution in [2.45, 2.75) is 0 Å². The van der Waals surface area contributed by atoms with Gasteiger partial charge in [-0.05, 0) is 35.4 Å². The summed E-state index contributed by atoms with van der Waals surface area (Å²) in [5.41, 5.74) is 3.47. The van der Waals surface area contributed by atoms with E-state index in [1.807, 2.05) is 38.4 Å². The molecule has 0 N–H and O–H groups in total. The van der Waals surface area contributed by atoms with Crippen LogP contribution in [0.3, 0.4) is 0 Å². The van der Waals surface area contributed by atoms with E-state index in [4.69, 9.17) is 9.22 Å². The van der Waals surface area contributed by atoms with E-state index in [9.17, 15) is 0 Å². The highest BCUT2D eigenvalue weighted by molar-refractivity contribution is 7.95.